The zero-order valence-electron chi connectivity index (χ0n) is 13.1. The summed E-state index contributed by atoms with van der Waals surface area (Å²) in [5, 5.41) is 10.5. The molecule has 0 aliphatic carbocycles. The Bertz CT molecular complexity index is 932. The van der Waals surface area contributed by atoms with Crippen molar-refractivity contribution >= 4 is 27.8 Å². The van der Waals surface area contributed by atoms with Gasteiger partial charge in [0, 0.05) is 6.54 Å². The van der Waals surface area contributed by atoms with Crippen LogP contribution in [0.15, 0.2) is 53.4 Å². The van der Waals surface area contributed by atoms with E-state index in [4.69, 9.17) is 0 Å². The van der Waals surface area contributed by atoms with Crippen LogP contribution in [0.1, 0.15) is 16.7 Å². The van der Waals surface area contributed by atoms with Gasteiger partial charge in [0.1, 0.15) is 0 Å². The van der Waals surface area contributed by atoms with Gasteiger partial charge in [-0.15, -0.1) is 0 Å². The van der Waals surface area contributed by atoms with Gasteiger partial charge in [0.2, 0.25) is 0 Å². The Balaban J connectivity index is 2.05. The maximum atomic E-state index is 13.1. The summed E-state index contributed by atoms with van der Waals surface area (Å²) in [6.07, 6.45) is 2.89. The topological polar surface area (TPSA) is 77.5 Å². The molecule has 0 unspecified atom stereocenters. The number of sulfonamides is 1. The summed E-state index contributed by atoms with van der Waals surface area (Å²) in [4.78, 5) is 10.7. The number of rotatable bonds is 4. The standard InChI is InChI=1S/C18H17NO4S/c1-13-6-7-14(8-9-18(20)21)12-17(13)24(22,23)19-11-10-15-4-2-3-5-16(15)19/h2-9,12H,10-11H2,1H3,(H,20,21)/p-1/b9-8+. The SMILES string of the molecule is Cc1ccc(/C=C/C(=O)[O-])cc1S(=O)(=O)N1CCc2ccccc21. The Hall–Kier alpha value is -2.60. The average Bonchev–Trinajstić information content (AvgIpc) is 2.98. The highest BCUT2D eigenvalue weighted by Gasteiger charge is 2.31. The molecule has 0 aromatic heterocycles. The summed E-state index contributed by atoms with van der Waals surface area (Å²) in [5.74, 6) is -1.33. The zero-order valence-corrected chi connectivity index (χ0v) is 13.9. The molecule has 0 atom stereocenters. The van der Waals surface area contributed by atoms with Crippen molar-refractivity contribution < 1.29 is 18.3 Å². The Labute approximate surface area is 140 Å². The summed E-state index contributed by atoms with van der Waals surface area (Å²) < 4.78 is 27.6. The van der Waals surface area contributed by atoms with Crippen LogP contribution in [-0.2, 0) is 21.2 Å². The Morgan fingerprint density at radius 2 is 1.96 bits per heavy atom. The molecule has 0 spiro atoms. The Kier molecular flexibility index (Phi) is 4.15. The molecule has 0 N–H and O–H groups in total. The molecule has 2 aromatic rings. The van der Waals surface area contributed by atoms with E-state index >= 15 is 0 Å². The number of benzene rings is 2. The number of nitrogens with zero attached hydrogens (tertiary/aromatic N) is 1. The molecular weight excluding hydrogens is 326 g/mol. The molecule has 6 heteroatoms. The van der Waals surface area contributed by atoms with Crippen molar-refractivity contribution in [3.63, 3.8) is 0 Å². The van der Waals surface area contributed by atoms with Crippen LogP contribution >= 0.6 is 0 Å². The molecule has 124 valence electrons. The highest BCUT2D eigenvalue weighted by atomic mass is 32.2. The van der Waals surface area contributed by atoms with Crippen molar-refractivity contribution in [2.45, 2.75) is 18.2 Å². The second kappa shape index (κ2) is 6.13. The maximum Gasteiger partial charge on any atom is 0.264 e. The predicted octanol–water partition coefficient (Wildman–Crippen LogP) is 1.51. The minimum Gasteiger partial charge on any atom is -0.545 e. The lowest BCUT2D eigenvalue weighted by Crippen LogP contribution is -2.29. The molecule has 0 saturated carbocycles. The fourth-order valence-corrected chi connectivity index (χ4v) is 4.60. The van der Waals surface area contributed by atoms with Crippen molar-refractivity contribution in [1.29, 1.82) is 0 Å². The first-order chi connectivity index (χ1) is 11.4. The first-order valence-corrected chi connectivity index (χ1v) is 8.94. The minimum atomic E-state index is -3.71. The summed E-state index contributed by atoms with van der Waals surface area (Å²) in [7, 11) is -3.71. The molecular formula is C18H16NO4S-. The van der Waals surface area contributed by atoms with Gasteiger partial charge in [-0.25, -0.2) is 8.42 Å². The fourth-order valence-electron chi connectivity index (χ4n) is 2.84. The van der Waals surface area contributed by atoms with Crippen LogP contribution in [0.5, 0.6) is 0 Å². The molecule has 2 aromatic carbocycles. The van der Waals surface area contributed by atoms with E-state index in [1.54, 1.807) is 25.1 Å². The number of aryl methyl sites for hydroxylation is 1. The van der Waals surface area contributed by atoms with Crippen molar-refractivity contribution in [3.8, 4) is 0 Å². The normalized spacial score (nSPS) is 14.1. The van der Waals surface area contributed by atoms with E-state index in [0.717, 1.165) is 11.6 Å². The third-order valence-corrected chi connectivity index (χ3v) is 5.99. The van der Waals surface area contributed by atoms with Gasteiger partial charge in [-0.2, -0.15) is 0 Å². The molecule has 0 bridgehead atoms. The number of carboxylic acids is 1. The molecule has 3 rings (SSSR count). The van der Waals surface area contributed by atoms with E-state index in [1.165, 1.54) is 16.4 Å². The third-order valence-electron chi connectivity index (χ3n) is 4.04. The molecule has 24 heavy (non-hydrogen) atoms. The van der Waals surface area contributed by atoms with Crippen LogP contribution in [-0.4, -0.2) is 20.9 Å². The van der Waals surface area contributed by atoms with E-state index in [-0.39, 0.29) is 4.90 Å². The Morgan fingerprint density at radius 1 is 1.21 bits per heavy atom. The summed E-state index contributed by atoms with van der Waals surface area (Å²) in [6.45, 7) is 2.13. The number of carboxylic acid groups (broad SMARTS) is 1. The van der Waals surface area contributed by atoms with Gasteiger partial charge >= 0.3 is 0 Å². The fraction of sp³-hybridized carbons (Fsp3) is 0.167. The van der Waals surface area contributed by atoms with E-state index in [0.29, 0.717) is 29.8 Å². The first-order valence-electron chi connectivity index (χ1n) is 7.50. The van der Waals surface area contributed by atoms with E-state index in [9.17, 15) is 18.3 Å². The molecule has 0 saturated heterocycles. The van der Waals surface area contributed by atoms with Crippen LogP contribution < -0.4 is 9.41 Å². The van der Waals surface area contributed by atoms with Crippen LogP contribution in [0.3, 0.4) is 0 Å². The smallest absolute Gasteiger partial charge is 0.264 e. The lowest BCUT2D eigenvalue weighted by Gasteiger charge is -2.21. The van der Waals surface area contributed by atoms with Crippen molar-refractivity contribution in [1.82, 2.24) is 0 Å². The largest absolute Gasteiger partial charge is 0.545 e. The van der Waals surface area contributed by atoms with E-state index < -0.39 is 16.0 Å². The second-order valence-corrected chi connectivity index (χ2v) is 7.46. The summed E-state index contributed by atoms with van der Waals surface area (Å²) in [6, 6.07) is 12.3. The van der Waals surface area contributed by atoms with Crippen molar-refractivity contribution in [2.75, 3.05) is 10.8 Å². The number of carbonyl (C=O) groups is 1. The lowest BCUT2D eigenvalue weighted by atomic mass is 10.1. The molecule has 0 fully saturated rings. The zero-order chi connectivity index (χ0) is 17.3. The molecule has 0 amide bonds. The summed E-state index contributed by atoms with van der Waals surface area (Å²) >= 11 is 0. The van der Waals surface area contributed by atoms with Gasteiger partial charge in [0.05, 0.1) is 16.6 Å². The number of aliphatic carboxylic acids is 1. The van der Waals surface area contributed by atoms with Crippen LogP contribution in [0.25, 0.3) is 6.08 Å². The van der Waals surface area contributed by atoms with Gasteiger partial charge in [-0.05, 0) is 48.2 Å². The number of para-hydroxylation sites is 1. The molecule has 1 aliphatic heterocycles. The molecule has 1 aliphatic rings. The second-order valence-electron chi connectivity index (χ2n) is 5.63. The molecule has 5 nitrogen and oxygen atoms in total. The monoisotopic (exact) mass is 342 g/mol. The highest BCUT2D eigenvalue weighted by molar-refractivity contribution is 7.93. The summed E-state index contributed by atoms with van der Waals surface area (Å²) in [5.41, 5.74) is 2.82. The Morgan fingerprint density at radius 3 is 2.71 bits per heavy atom. The molecule has 1 heterocycles. The predicted molar refractivity (Wildman–Crippen MR) is 89.9 cm³/mol. The quantitative estimate of drug-likeness (QED) is 0.789. The van der Waals surface area contributed by atoms with Gasteiger partial charge in [0.15, 0.2) is 0 Å². The van der Waals surface area contributed by atoms with Gasteiger partial charge in [0.25, 0.3) is 10.0 Å². The van der Waals surface area contributed by atoms with Crippen molar-refractivity contribution in [3.05, 3.63) is 65.2 Å². The maximum absolute atomic E-state index is 13.1. The lowest BCUT2D eigenvalue weighted by molar-refractivity contribution is -0.297. The van der Waals surface area contributed by atoms with Gasteiger partial charge in [-0.3, -0.25) is 4.31 Å². The number of anilines is 1. The van der Waals surface area contributed by atoms with E-state index in [2.05, 4.69) is 0 Å². The minimum absolute atomic E-state index is 0.180. The van der Waals surface area contributed by atoms with Gasteiger partial charge in [-0.1, -0.05) is 36.4 Å². The van der Waals surface area contributed by atoms with Crippen LogP contribution in [0.4, 0.5) is 5.69 Å². The number of hydrogen-bond acceptors (Lipinski definition) is 4. The van der Waals surface area contributed by atoms with Crippen LogP contribution in [0, 0.1) is 6.92 Å². The number of fused-ring (bicyclic) bond motifs is 1. The number of hydrogen-bond donors (Lipinski definition) is 0. The third kappa shape index (κ3) is 2.92. The average molecular weight is 342 g/mol. The number of carbonyl (C=O) groups excluding carboxylic acids is 1. The molecule has 0 radical (unpaired) electrons. The first kappa shape index (κ1) is 16.3. The van der Waals surface area contributed by atoms with Gasteiger partial charge < -0.3 is 9.90 Å². The highest BCUT2D eigenvalue weighted by Crippen LogP contribution is 2.33. The van der Waals surface area contributed by atoms with Crippen LogP contribution in [0.2, 0.25) is 0 Å². The van der Waals surface area contributed by atoms with Crippen molar-refractivity contribution in [2.24, 2.45) is 0 Å². The van der Waals surface area contributed by atoms with E-state index in [1.807, 2.05) is 18.2 Å².